The van der Waals surface area contributed by atoms with Crippen LogP contribution in [0.25, 0.3) is 10.2 Å². The van der Waals surface area contributed by atoms with Gasteiger partial charge in [0.1, 0.15) is 4.83 Å². The van der Waals surface area contributed by atoms with Gasteiger partial charge in [-0.1, -0.05) is 13.0 Å². The van der Waals surface area contributed by atoms with Crippen LogP contribution in [-0.4, -0.2) is 15.3 Å². The van der Waals surface area contributed by atoms with Crippen LogP contribution in [0.15, 0.2) is 23.3 Å². The fourth-order valence-electron chi connectivity index (χ4n) is 3.98. The molecule has 2 heterocycles. The average Bonchev–Trinajstić information content (AvgIpc) is 2.98. The Hall–Kier alpha value is -2.27. The molecule has 1 atom stereocenters. The summed E-state index contributed by atoms with van der Waals surface area (Å²) in [4.78, 5) is 32.6. The maximum Gasteiger partial charge on any atom is 0.262 e. The van der Waals surface area contributed by atoms with Crippen molar-refractivity contribution in [3.8, 4) is 0 Å². The molecule has 2 aromatic heterocycles. The lowest BCUT2D eigenvalue weighted by molar-refractivity contribution is 0.0970. The molecule has 0 aliphatic heterocycles. The zero-order chi connectivity index (χ0) is 19.3. The van der Waals surface area contributed by atoms with Crippen molar-refractivity contribution >= 4 is 27.3 Å². The summed E-state index contributed by atoms with van der Waals surface area (Å²) < 4.78 is 1.48. The van der Waals surface area contributed by atoms with Crippen molar-refractivity contribution in [2.45, 2.75) is 53.5 Å². The van der Waals surface area contributed by atoms with E-state index >= 15 is 0 Å². The smallest absolute Gasteiger partial charge is 0.262 e. The predicted octanol–water partition coefficient (Wildman–Crippen LogP) is 4.39. The number of carbonyl (C=O) groups excluding carboxylic acids is 1. The van der Waals surface area contributed by atoms with Gasteiger partial charge in [-0.05, 0) is 74.3 Å². The van der Waals surface area contributed by atoms with Crippen LogP contribution in [0.4, 0.5) is 0 Å². The Kier molecular flexibility index (Phi) is 4.50. The second kappa shape index (κ2) is 6.71. The van der Waals surface area contributed by atoms with Gasteiger partial charge in [-0.2, -0.15) is 0 Å². The molecule has 0 N–H and O–H groups in total. The Morgan fingerprint density at radius 2 is 1.96 bits per heavy atom. The highest BCUT2D eigenvalue weighted by atomic mass is 32.1. The summed E-state index contributed by atoms with van der Waals surface area (Å²) in [6, 6.07) is 3.96. The minimum Gasteiger partial charge on any atom is -0.292 e. The molecule has 0 radical (unpaired) electrons. The van der Waals surface area contributed by atoms with Crippen LogP contribution in [0.5, 0.6) is 0 Å². The number of nitrogens with zero attached hydrogens (tertiary/aromatic N) is 2. The maximum atomic E-state index is 13.1. The highest BCUT2D eigenvalue weighted by Gasteiger charge is 2.23. The quantitative estimate of drug-likeness (QED) is 0.633. The number of hydrogen-bond acceptors (Lipinski definition) is 4. The summed E-state index contributed by atoms with van der Waals surface area (Å²) in [5.74, 6) is 0.610. The van der Waals surface area contributed by atoms with Crippen molar-refractivity contribution < 1.29 is 4.79 Å². The van der Waals surface area contributed by atoms with Crippen molar-refractivity contribution in [3.63, 3.8) is 0 Å². The summed E-state index contributed by atoms with van der Waals surface area (Å²) >= 11 is 1.64. The molecule has 4 rings (SSSR count). The summed E-state index contributed by atoms with van der Waals surface area (Å²) in [6.45, 7) is 8.28. The monoisotopic (exact) mass is 380 g/mol. The molecule has 0 fully saturated rings. The standard InChI is InChI=1S/C22H24N2O2S/c1-12-5-6-16-19(7-12)27-21-20(16)22(26)24(11-23-21)10-18(25)17-9-14(3)13(2)8-15(17)4/h8-9,11-12H,5-7,10H2,1-4H3/t12-/m1/s1. The molecule has 140 valence electrons. The van der Waals surface area contributed by atoms with Crippen molar-refractivity contribution in [1.29, 1.82) is 0 Å². The van der Waals surface area contributed by atoms with Gasteiger partial charge in [0.25, 0.3) is 5.56 Å². The van der Waals surface area contributed by atoms with Gasteiger partial charge in [0.2, 0.25) is 0 Å². The first kappa shape index (κ1) is 18.1. The van der Waals surface area contributed by atoms with Crippen molar-refractivity contribution in [3.05, 3.63) is 61.5 Å². The minimum absolute atomic E-state index is 0.0339. The number of ketones is 1. The van der Waals surface area contributed by atoms with E-state index < -0.39 is 0 Å². The van der Waals surface area contributed by atoms with E-state index in [-0.39, 0.29) is 17.9 Å². The number of aryl methyl sites for hydroxylation is 4. The molecular formula is C22H24N2O2S. The van der Waals surface area contributed by atoms with Gasteiger partial charge >= 0.3 is 0 Å². The third-order valence-corrected chi connectivity index (χ3v) is 6.90. The van der Waals surface area contributed by atoms with E-state index in [9.17, 15) is 9.59 Å². The second-order valence-electron chi connectivity index (χ2n) is 7.88. The first-order valence-electron chi connectivity index (χ1n) is 9.46. The minimum atomic E-state index is -0.0816. The van der Waals surface area contributed by atoms with Gasteiger partial charge in [0.15, 0.2) is 5.78 Å². The number of carbonyl (C=O) groups is 1. The molecule has 1 aliphatic carbocycles. The Morgan fingerprint density at radius 1 is 1.22 bits per heavy atom. The van der Waals surface area contributed by atoms with Crippen molar-refractivity contribution in [2.75, 3.05) is 0 Å². The van der Waals surface area contributed by atoms with Gasteiger partial charge < -0.3 is 0 Å². The van der Waals surface area contributed by atoms with Crippen LogP contribution in [-0.2, 0) is 19.4 Å². The largest absolute Gasteiger partial charge is 0.292 e. The maximum absolute atomic E-state index is 13.1. The summed E-state index contributed by atoms with van der Waals surface area (Å²) in [5.41, 5.74) is 4.98. The van der Waals surface area contributed by atoms with Gasteiger partial charge in [-0.25, -0.2) is 4.98 Å². The molecule has 0 unspecified atom stereocenters. The van der Waals surface area contributed by atoms with Gasteiger partial charge in [-0.15, -0.1) is 11.3 Å². The number of fused-ring (bicyclic) bond motifs is 3. The Bertz CT molecular complexity index is 1120. The number of thiophene rings is 1. The van der Waals surface area contributed by atoms with E-state index in [2.05, 4.69) is 11.9 Å². The van der Waals surface area contributed by atoms with Gasteiger partial charge in [-0.3, -0.25) is 14.2 Å². The highest BCUT2D eigenvalue weighted by Crippen LogP contribution is 2.35. The number of benzene rings is 1. The van der Waals surface area contributed by atoms with Crippen LogP contribution in [0.3, 0.4) is 0 Å². The molecule has 4 nitrogen and oxygen atoms in total. The van der Waals surface area contributed by atoms with E-state index in [1.165, 1.54) is 21.3 Å². The van der Waals surface area contributed by atoms with Crippen LogP contribution in [0, 0.1) is 26.7 Å². The van der Waals surface area contributed by atoms with Gasteiger partial charge in [0.05, 0.1) is 18.3 Å². The van der Waals surface area contributed by atoms with E-state index in [0.29, 0.717) is 11.5 Å². The zero-order valence-corrected chi connectivity index (χ0v) is 17.1. The molecule has 1 aliphatic rings. The highest BCUT2D eigenvalue weighted by molar-refractivity contribution is 7.18. The van der Waals surface area contributed by atoms with Crippen molar-refractivity contribution in [1.82, 2.24) is 9.55 Å². The number of aromatic nitrogens is 2. The fourth-order valence-corrected chi connectivity index (χ4v) is 5.32. The zero-order valence-electron chi connectivity index (χ0n) is 16.3. The lowest BCUT2D eigenvalue weighted by atomic mass is 9.89. The Morgan fingerprint density at radius 3 is 2.74 bits per heavy atom. The summed E-state index contributed by atoms with van der Waals surface area (Å²) in [6.07, 6.45) is 4.59. The third-order valence-electron chi connectivity index (χ3n) is 5.74. The van der Waals surface area contributed by atoms with Crippen LogP contribution in [0.2, 0.25) is 0 Å². The first-order chi connectivity index (χ1) is 12.8. The number of Topliss-reactive ketones (excluding diaryl/α,β-unsaturated/α-hetero) is 1. The average molecular weight is 381 g/mol. The molecule has 0 bridgehead atoms. The third kappa shape index (κ3) is 3.14. The van der Waals surface area contributed by atoms with Crippen molar-refractivity contribution in [2.24, 2.45) is 5.92 Å². The van der Waals surface area contributed by atoms with E-state index in [1.54, 1.807) is 11.3 Å². The number of rotatable bonds is 3. The lowest BCUT2D eigenvalue weighted by Crippen LogP contribution is -2.25. The molecule has 0 saturated carbocycles. The Labute approximate surface area is 162 Å². The summed E-state index contributed by atoms with van der Waals surface area (Å²) in [5, 5.41) is 0.731. The lowest BCUT2D eigenvalue weighted by Gasteiger charge is -2.17. The van der Waals surface area contributed by atoms with E-state index in [0.717, 1.165) is 46.2 Å². The molecular weight excluding hydrogens is 356 g/mol. The second-order valence-corrected chi connectivity index (χ2v) is 8.97. The molecule has 0 spiro atoms. The van der Waals surface area contributed by atoms with E-state index in [1.807, 2.05) is 32.9 Å². The number of hydrogen-bond donors (Lipinski definition) is 0. The first-order valence-corrected chi connectivity index (χ1v) is 10.3. The normalized spacial score (nSPS) is 16.5. The molecule has 27 heavy (non-hydrogen) atoms. The predicted molar refractivity (Wildman–Crippen MR) is 110 cm³/mol. The Balaban J connectivity index is 1.73. The molecule has 0 amide bonds. The fraction of sp³-hybridized carbons (Fsp3) is 0.409. The molecule has 5 heteroatoms. The molecule has 3 aromatic rings. The van der Waals surface area contributed by atoms with Crippen LogP contribution >= 0.6 is 11.3 Å². The van der Waals surface area contributed by atoms with Crippen LogP contribution in [0.1, 0.15) is 50.8 Å². The van der Waals surface area contributed by atoms with E-state index in [4.69, 9.17) is 0 Å². The SMILES string of the molecule is Cc1cc(C)c(C(=O)Cn2cnc3sc4c(c3c2=O)CC[C@@H](C)C4)cc1C. The van der Waals surface area contributed by atoms with Crippen LogP contribution < -0.4 is 5.56 Å². The topological polar surface area (TPSA) is 52.0 Å². The molecule has 1 aromatic carbocycles. The summed E-state index contributed by atoms with van der Waals surface area (Å²) in [7, 11) is 0. The van der Waals surface area contributed by atoms with Gasteiger partial charge in [0, 0.05) is 10.4 Å². The molecule has 0 saturated heterocycles.